The molecule has 0 radical (unpaired) electrons. The number of halogens is 1. The van der Waals surface area contributed by atoms with Crippen LogP contribution in [-0.4, -0.2) is 46.8 Å². The Morgan fingerprint density at radius 2 is 1.95 bits per heavy atom. The summed E-state index contributed by atoms with van der Waals surface area (Å²) in [6, 6.07) is 19.4. The number of hydrogen-bond acceptors (Lipinski definition) is 6. The van der Waals surface area contributed by atoms with E-state index in [2.05, 4.69) is 37.7 Å². The van der Waals surface area contributed by atoms with Crippen LogP contribution in [0.4, 0.5) is 5.69 Å². The summed E-state index contributed by atoms with van der Waals surface area (Å²) in [5, 5.41) is 21.0. The van der Waals surface area contributed by atoms with E-state index in [4.69, 9.17) is 4.74 Å². The first-order valence-electron chi connectivity index (χ1n) is 12.6. The van der Waals surface area contributed by atoms with Gasteiger partial charge in [0.05, 0.1) is 41.2 Å². The predicted molar refractivity (Wildman–Crippen MR) is 152 cm³/mol. The van der Waals surface area contributed by atoms with Gasteiger partial charge < -0.3 is 20.3 Å². The lowest BCUT2D eigenvalue weighted by atomic mass is 10.1. The van der Waals surface area contributed by atoms with Crippen LogP contribution < -0.4 is 20.3 Å². The summed E-state index contributed by atoms with van der Waals surface area (Å²) in [6.45, 7) is 4.55. The van der Waals surface area contributed by atoms with Crippen LogP contribution in [0.3, 0.4) is 0 Å². The van der Waals surface area contributed by atoms with Crippen molar-refractivity contribution in [2.75, 3.05) is 18.1 Å². The minimum Gasteiger partial charge on any atom is -0.489 e. The van der Waals surface area contributed by atoms with Crippen molar-refractivity contribution in [1.82, 2.24) is 20.4 Å². The Morgan fingerprint density at radius 3 is 2.72 bits per heavy atom. The highest BCUT2D eigenvalue weighted by Crippen LogP contribution is 2.35. The smallest absolute Gasteiger partial charge is 0.253 e. The molecule has 1 aliphatic heterocycles. The molecule has 0 fully saturated rings. The summed E-state index contributed by atoms with van der Waals surface area (Å²) in [7, 11) is 0. The van der Waals surface area contributed by atoms with E-state index in [0.29, 0.717) is 29.2 Å². The molecule has 0 aliphatic carbocycles. The number of nitriles is 1. The Hall–Kier alpha value is -4.20. The number of hydrogen-bond donors (Lipinski definition) is 2. The first-order valence-corrected chi connectivity index (χ1v) is 13.4. The van der Waals surface area contributed by atoms with Crippen molar-refractivity contribution < 1.29 is 14.3 Å². The summed E-state index contributed by atoms with van der Waals surface area (Å²) in [4.78, 5) is 28.3. The van der Waals surface area contributed by atoms with E-state index < -0.39 is 12.1 Å². The van der Waals surface area contributed by atoms with Gasteiger partial charge in [0, 0.05) is 9.86 Å². The normalized spacial score (nSPS) is 15.7. The number of carbonyl (C=O) groups excluding carboxylic acids is 2. The molecule has 5 rings (SSSR count). The quantitative estimate of drug-likeness (QED) is 0.337. The Balaban J connectivity index is 1.54. The van der Waals surface area contributed by atoms with Gasteiger partial charge in [-0.2, -0.15) is 10.4 Å². The number of benzene rings is 3. The molecule has 0 saturated carbocycles. The molecular formula is C29H27BrN6O3. The molecular weight excluding hydrogens is 560 g/mol. The zero-order chi connectivity index (χ0) is 27.5. The molecule has 10 heteroatoms. The Labute approximate surface area is 234 Å². The van der Waals surface area contributed by atoms with Gasteiger partial charge in [0.25, 0.3) is 5.91 Å². The van der Waals surface area contributed by atoms with Crippen LogP contribution in [0.15, 0.2) is 71.3 Å². The largest absolute Gasteiger partial charge is 0.489 e. The van der Waals surface area contributed by atoms with E-state index in [-0.39, 0.29) is 25.0 Å². The van der Waals surface area contributed by atoms with Crippen molar-refractivity contribution in [3.05, 3.63) is 82.5 Å². The van der Waals surface area contributed by atoms with Gasteiger partial charge >= 0.3 is 0 Å². The van der Waals surface area contributed by atoms with Gasteiger partial charge in [-0.05, 0) is 55.4 Å². The highest BCUT2D eigenvalue weighted by Gasteiger charge is 2.33. The van der Waals surface area contributed by atoms with Crippen LogP contribution in [0, 0.1) is 11.3 Å². The first kappa shape index (κ1) is 26.4. The van der Waals surface area contributed by atoms with E-state index in [0.717, 1.165) is 20.9 Å². The van der Waals surface area contributed by atoms with Gasteiger partial charge in [-0.25, -0.2) is 4.68 Å². The molecule has 3 aromatic carbocycles. The van der Waals surface area contributed by atoms with Crippen molar-refractivity contribution >= 4 is 44.3 Å². The van der Waals surface area contributed by atoms with E-state index in [1.807, 2.05) is 61.5 Å². The number of ether oxygens (including phenoxy) is 1. The first-order chi connectivity index (χ1) is 18.9. The van der Waals surface area contributed by atoms with Crippen LogP contribution in [0.2, 0.25) is 0 Å². The topological polar surface area (TPSA) is 112 Å². The highest BCUT2D eigenvalue weighted by molar-refractivity contribution is 9.10. The molecule has 2 atom stereocenters. The van der Waals surface area contributed by atoms with Gasteiger partial charge in [-0.1, -0.05) is 47.1 Å². The zero-order valence-electron chi connectivity index (χ0n) is 21.5. The third-order valence-corrected chi connectivity index (χ3v) is 7.12. The molecule has 1 aromatic heterocycles. The van der Waals surface area contributed by atoms with Gasteiger partial charge in [0.1, 0.15) is 24.5 Å². The lowest BCUT2D eigenvalue weighted by molar-refractivity contribution is -0.129. The van der Waals surface area contributed by atoms with E-state index in [9.17, 15) is 14.9 Å². The third-order valence-electron chi connectivity index (χ3n) is 6.67. The molecule has 1 aliphatic rings. The number of carbonyl (C=O) groups is 2. The summed E-state index contributed by atoms with van der Waals surface area (Å²) in [5.41, 5.74) is 3.42. The molecule has 4 aromatic rings. The molecule has 39 heavy (non-hydrogen) atoms. The van der Waals surface area contributed by atoms with Crippen molar-refractivity contribution in [2.24, 2.45) is 0 Å². The van der Waals surface area contributed by atoms with Gasteiger partial charge in [-0.3, -0.25) is 9.59 Å². The molecule has 0 spiro atoms. The number of fused-ring (bicyclic) bond motifs is 2. The van der Waals surface area contributed by atoms with Crippen LogP contribution in [-0.2, 0) is 16.1 Å². The Kier molecular flexibility index (Phi) is 7.63. The minimum absolute atomic E-state index is 0.0215. The summed E-state index contributed by atoms with van der Waals surface area (Å²) in [5.74, 6) is 0.0199. The molecule has 198 valence electrons. The number of rotatable bonds is 7. The Bertz CT molecular complexity index is 1590. The molecule has 2 heterocycles. The van der Waals surface area contributed by atoms with E-state index in [1.165, 1.54) is 0 Å². The second kappa shape index (κ2) is 11.3. The van der Waals surface area contributed by atoms with Gasteiger partial charge in [0.2, 0.25) is 5.91 Å². The van der Waals surface area contributed by atoms with Crippen molar-refractivity contribution in [3.63, 3.8) is 0 Å². The fraction of sp³-hybridized carbons (Fsp3) is 0.241. The molecule has 0 bridgehead atoms. The monoisotopic (exact) mass is 586 g/mol. The van der Waals surface area contributed by atoms with Crippen molar-refractivity contribution in [1.29, 1.82) is 5.26 Å². The summed E-state index contributed by atoms with van der Waals surface area (Å²) < 4.78 is 8.52. The number of aromatic nitrogens is 2. The summed E-state index contributed by atoms with van der Waals surface area (Å²) >= 11 is 3.61. The number of para-hydroxylation sites is 3. The van der Waals surface area contributed by atoms with Crippen molar-refractivity contribution in [3.8, 4) is 17.5 Å². The van der Waals surface area contributed by atoms with E-state index >= 15 is 0 Å². The lowest BCUT2D eigenvalue weighted by Gasteiger charge is -2.26. The highest BCUT2D eigenvalue weighted by atomic mass is 79.9. The second-order valence-corrected chi connectivity index (χ2v) is 10.1. The number of nitrogens with one attached hydrogen (secondary N) is 2. The van der Waals surface area contributed by atoms with Crippen LogP contribution in [0.5, 0.6) is 5.75 Å². The Morgan fingerprint density at radius 1 is 1.21 bits per heavy atom. The second-order valence-electron chi connectivity index (χ2n) is 9.23. The SMILES string of the molecule is CCNC(C)C(=O)NC1COc2ccccc2N(Cc2cc(Br)cc3c2cnn3-c2ccccc2C#N)C1=O. The third kappa shape index (κ3) is 5.24. The fourth-order valence-electron chi connectivity index (χ4n) is 4.72. The number of nitrogens with zero attached hydrogens (tertiary/aromatic N) is 4. The minimum atomic E-state index is -0.862. The van der Waals surface area contributed by atoms with E-state index in [1.54, 1.807) is 28.8 Å². The predicted octanol–water partition coefficient (Wildman–Crippen LogP) is 4.07. The summed E-state index contributed by atoms with van der Waals surface area (Å²) in [6.07, 6.45) is 1.74. The standard InChI is InChI=1S/C29H27BrN6O3/c1-3-32-18(2)28(37)34-23-17-39-27-11-7-6-10-25(27)35(29(23)38)16-20-12-21(30)13-26-22(20)15-33-36(26)24-9-5-4-8-19(24)14-31/h4-13,15,18,23,32H,3,16-17H2,1-2H3,(H,34,37). The molecule has 9 nitrogen and oxygen atoms in total. The number of anilines is 1. The maximum atomic E-state index is 13.9. The molecule has 2 unspecified atom stereocenters. The molecule has 2 N–H and O–H groups in total. The fourth-order valence-corrected chi connectivity index (χ4v) is 5.22. The number of likely N-dealkylation sites (N-methyl/N-ethyl adjacent to an activating group) is 1. The van der Waals surface area contributed by atoms with Crippen LogP contribution >= 0.6 is 15.9 Å². The number of amides is 2. The van der Waals surface area contributed by atoms with Gasteiger partial charge in [0.15, 0.2) is 0 Å². The maximum Gasteiger partial charge on any atom is 0.253 e. The molecule has 2 amide bonds. The van der Waals surface area contributed by atoms with Gasteiger partial charge in [-0.15, -0.1) is 0 Å². The van der Waals surface area contributed by atoms with Crippen molar-refractivity contribution in [2.45, 2.75) is 32.5 Å². The zero-order valence-corrected chi connectivity index (χ0v) is 23.1. The lowest BCUT2D eigenvalue weighted by Crippen LogP contribution is -2.54. The average molecular weight is 587 g/mol. The molecule has 0 saturated heterocycles. The van der Waals surface area contributed by atoms with Crippen LogP contribution in [0.25, 0.3) is 16.6 Å². The average Bonchev–Trinajstić information content (AvgIpc) is 3.32. The van der Waals surface area contributed by atoms with Crippen LogP contribution in [0.1, 0.15) is 25.0 Å². The maximum absolute atomic E-state index is 13.9.